The first-order valence-electron chi connectivity index (χ1n) is 13.2. The van der Waals surface area contributed by atoms with Gasteiger partial charge in [-0.05, 0) is 69.6 Å². The predicted molar refractivity (Wildman–Crippen MR) is 137 cm³/mol. The molecule has 0 aromatic heterocycles. The Balaban J connectivity index is 1.60. The molecule has 3 N–H and O–H groups in total. The van der Waals surface area contributed by atoms with Crippen molar-refractivity contribution in [1.29, 1.82) is 0 Å². The number of halogens is 1. The number of methoxy groups -OCH3 is 1. The number of amides is 1. The fourth-order valence-electron chi connectivity index (χ4n) is 5.84. The third-order valence-corrected chi connectivity index (χ3v) is 7.76. The Hall–Kier alpha value is -2.48. The van der Waals surface area contributed by atoms with Crippen molar-refractivity contribution in [1.82, 2.24) is 4.90 Å². The average molecular weight is 499 g/mol. The van der Waals surface area contributed by atoms with Gasteiger partial charge in [0.05, 0.1) is 5.60 Å². The SMILES string of the molecule is COCCCC[C@@](O)(c1ccccc1Oc1cccc(F)c1)C1CCCN(C(=O)[C@@H]2CC[C@H](N)C2)C1. The molecule has 2 aliphatic rings. The molecule has 2 fully saturated rings. The summed E-state index contributed by atoms with van der Waals surface area (Å²) < 4.78 is 25.2. The highest BCUT2D eigenvalue weighted by atomic mass is 19.1. The van der Waals surface area contributed by atoms with Crippen LogP contribution in [0.15, 0.2) is 48.5 Å². The van der Waals surface area contributed by atoms with Crippen molar-refractivity contribution < 1.29 is 23.8 Å². The van der Waals surface area contributed by atoms with Gasteiger partial charge in [0.1, 0.15) is 17.3 Å². The Morgan fingerprint density at radius 1 is 1.17 bits per heavy atom. The highest BCUT2D eigenvalue weighted by molar-refractivity contribution is 5.79. The summed E-state index contributed by atoms with van der Waals surface area (Å²) in [6.45, 7) is 1.83. The van der Waals surface area contributed by atoms with E-state index in [1.807, 2.05) is 29.2 Å². The van der Waals surface area contributed by atoms with E-state index in [4.69, 9.17) is 15.2 Å². The first-order valence-corrected chi connectivity index (χ1v) is 13.2. The van der Waals surface area contributed by atoms with Gasteiger partial charge < -0.3 is 25.2 Å². The Kier molecular flexibility index (Phi) is 8.99. The van der Waals surface area contributed by atoms with Crippen LogP contribution in [0.5, 0.6) is 11.5 Å². The minimum atomic E-state index is -1.21. The summed E-state index contributed by atoms with van der Waals surface area (Å²) in [7, 11) is 1.67. The first-order chi connectivity index (χ1) is 17.4. The van der Waals surface area contributed by atoms with Crippen molar-refractivity contribution in [3.8, 4) is 11.5 Å². The molecule has 2 aromatic carbocycles. The van der Waals surface area contributed by atoms with Crippen molar-refractivity contribution in [2.24, 2.45) is 17.6 Å². The molecule has 2 aromatic rings. The van der Waals surface area contributed by atoms with Crippen molar-refractivity contribution in [3.63, 3.8) is 0 Å². The van der Waals surface area contributed by atoms with Crippen molar-refractivity contribution in [2.75, 3.05) is 26.8 Å². The molecule has 1 unspecified atom stereocenters. The van der Waals surface area contributed by atoms with E-state index in [-0.39, 0.29) is 29.6 Å². The van der Waals surface area contributed by atoms with E-state index < -0.39 is 5.60 Å². The van der Waals surface area contributed by atoms with Gasteiger partial charge in [0.25, 0.3) is 0 Å². The number of carbonyl (C=O) groups excluding carboxylic acids is 1. The van der Waals surface area contributed by atoms with Gasteiger partial charge in [0.2, 0.25) is 5.91 Å². The van der Waals surface area contributed by atoms with Crippen molar-refractivity contribution in [3.05, 3.63) is 59.9 Å². The second-order valence-corrected chi connectivity index (χ2v) is 10.3. The molecular weight excluding hydrogens is 459 g/mol. The van der Waals surface area contributed by atoms with Crippen LogP contribution in [-0.4, -0.2) is 48.8 Å². The summed E-state index contributed by atoms with van der Waals surface area (Å²) in [4.78, 5) is 15.2. The minimum Gasteiger partial charge on any atom is -0.457 e. The molecule has 7 heteroatoms. The van der Waals surface area contributed by atoms with Crippen LogP contribution >= 0.6 is 0 Å². The Bertz CT molecular complexity index is 1020. The van der Waals surface area contributed by atoms with E-state index in [2.05, 4.69) is 0 Å². The van der Waals surface area contributed by atoms with Crippen LogP contribution in [0.2, 0.25) is 0 Å². The number of nitrogens with two attached hydrogens (primary N) is 1. The number of hydrogen-bond acceptors (Lipinski definition) is 5. The van der Waals surface area contributed by atoms with Crippen LogP contribution in [0.25, 0.3) is 0 Å². The molecule has 1 aliphatic heterocycles. The molecule has 0 radical (unpaired) electrons. The van der Waals surface area contributed by atoms with E-state index in [0.717, 1.165) is 44.9 Å². The molecule has 0 spiro atoms. The van der Waals surface area contributed by atoms with E-state index in [0.29, 0.717) is 43.2 Å². The molecule has 0 bridgehead atoms. The second-order valence-electron chi connectivity index (χ2n) is 10.3. The number of hydrogen-bond donors (Lipinski definition) is 2. The molecule has 36 heavy (non-hydrogen) atoms. The van der Waals surface area contributed by atoms with Gasteiger partial charge >= 0.3 is 0 Å². The molecule has 1 heterocycles. The zero-order valence-electron chi connectivity index (χ0n) is 21.2. The molecule has 4 rings (SSSR count). The number of para-hydroxylation sites is 1. The third-order valence-electron chi connectivity index (χ3n) is 7.76. The summed E-state index contributed by atoms with van der Waals surface area (Å²) in [6.07, 6.45) is 6.22. The standard InChI is InChI=1S/C29H39FN2O4/c1-35-17-5-4-15-29(34,22-8-7-16-32(20-22)28(33)21-13-14-24(31)18-21)26-11-2-3-12-27(26)36-25-10-6-9-23(30)19-25/h2-3,6,9-12,19,21-22,24,34H,4-5,7-8,13-18,20,31H2,1H3/t21-,22?,24+,29+/m1/s1. The molecular formula is C29H39FN2O4. The lowest BCUT2D eigenvalue weighted by Gasteiger charge is -2.44. The largest absolute Gasteiger partial charge is 0.457 e. The Morgan fingerprint density at radius 3 is 2.75 bits per heavy atom. The van der Waals surface area contributed by atoms with Gasteiger partial charge in [-0.25, -0.2) is 4.39 Å². The lowest BCUT2D eigenvalue weighted by atomic mass is 9.73. The fraction of sp³-hybridized carbons (Fsp3) is 0.552. The smallest absolute Gasteiger partial charge is 0.225 e. The maximum absolute atomic E-state index is 13.8. The van der Waals surface area contributed by atoms with Crippen LogP contribution in [0.1, 0.15) is 56.9 Å². The quantitative estimate of drug-likeness (QED) is 0.451. The highest BCUT2D eigenvalue weighted by Crippen LogP contribution is 2.44. The molecule has 6 nitrogen and oxygen atoms in total. The Labute approximate surface area is 213 Å². The van der Waals surface area contributed by atoms with Crippen molar-refractivity contribution in [2.45, 2.75) is 63.0 Å². The normalized spacial score (nSPS) is 23.9. The van der Waals surface area contributed by atoms with E-state index in [1.165, 1.54) is 12.1 Å². The van der Waals surface area contributed by atoms with E-state index >= 15 is 0 Å². The number of benzene rings is 2. The van der Waals surface area contributed by atoms with Crippen LogP contribution in [-0.2, 0) is 15.1 Å². The minimum absolute atomic E-state index is 0.0165. The van der Waals surface area contributed by atoms with Gasteiger partial charge in [0, 0.05) is 56.3 Å². The number of ether oxygens (including phenoxy) is 2. The zero-order valence-corrected chi connectivity index (χ0v) is 21.2. The summed E-state index contributed by atoms with van der Waals surface area (Å²) in [5, 5.41) is 12.4. The highest BCUT2D eigenvalue weighted by Gasteiger charge is 2.44. The number of unbranched alkanes of at least 4 members (excludes halogenated alkanes) is 1. The van der Waals surface area contributed by atoms with Crippen LogP contribution in [0.3, 0.4) is 0 Å². The first kappa shape index (κ1) is 26.6. The number of carbonyl (C=O) groups is 1. The van der Waals surface area contributed by atoms with E-state index in [9.17, 15) is 14.3 Å². The number of rotatable bonds is 10. The maximum Gasteiger partial charge on any atom is 0.225 e. The zero-order chi connectivity index (χ0) is 25.5. The van der Waals surface area contributed by atoms with Gasteiger partial charge in [-0.2, -0.15) is 0 Å². The van der Waals surface area contributed by atoms with Crippen LogP contribution in [0, 0.1) is 17.7 Å². The van der Waals surface area contributed by atoms with Gasteiger partial charge in [-0.15, -0.1) is 0 Å². The lowest BCUT2D eigenvalue weighted by molar-refractivity contribution is -0.141. The van der Waals surface area contributed by atoms with Crippen LogP contribution in [0.4, 0.5) is 4.39 Å². The monoisotopic (exact) mass is 498 g/mol. The second kappa shape index (κ2) is 12.2. The molecule has 1 aliphatic carbocycles. The topological polar surface area (TPSA) is 85.0 Å². The summed E-state index contributed by atoms with van der Waals surface area (Å²) in [6, 6.07) is 13.5. The lowest BCUT2D eigenvalue weighted by Crippen LogP contribution is -2.49. The van der Waals surface area contributed by atoms with Gasteiger partial charge in [-0.1, -0.05) is 24.3 Å². The predicted octanol–water partition coefficient (Wildman–Crippen LogP) is 4.99. The summed E-state index contributed by atoms with van der Waals surface area (Å²) in [5.41, 5.74) is 5.54. The van der Waals surface area contributed by atoms with Gasteiger partial charge in [-0.3, -0.25) is 4.79 Å². The van der Waals surface area contributed by atoms with Gasteiger partial charge in [0.15, 0.2) is 0 Å². The number of nitrogens with zero attached hydrogens (tertiary/aromatic N) is 1. The summed E-state index contributed by atoms with van der Waals surface area (Å²) in [5.74, 6) is 0.499. The average Bonchev–Trinajstić information content (AvgIpc) is 3.32. The number of piperidine rings is 1. The number of likely N-dealkylation sites (tertiary alicyclic amines) is 1. The molecule has 1 amide bonds. The molecule has 196 valence electrons. The fourth-order valence-corrected chi connectivity index (χ4v) is 5.84. The summed E-state index contributed by atoms with van der Waals surface area (Å²) >= 11 is 0. The Morgan fingerprint density at radius 2 is 2.00 bits per heavy atom. The maximum atomic E-state index is 13.8. The molecule has 1 saturated heterocycles. The van der Waals surface area contributed by atoms with Crippen molar-refractivity contribution >= 4 is 5.91 Å². The molecule has 1 saturated carbocycles. The molecule has 4 atom stereocenters. The third kappa shape index (κ3) is 6.25. The van der Waals surface area contributed by atoms with E-state index in [1.54, 1.807) is 19.2 Å². The number of aliphatic hydroxyl groups is 1. The van der Waals surface area contributed by atoms with Crippen LogP contribution < -0.4 is 10.5 Å².